The summed E-state index contributed by atoms with van der Waals surface area (Å²) in [5.74, 6) is 0. The molecule has 0 radical (unpaired) electrons. The normalized spacial score (nSPS) is 11.6. The first-order valence-electron chi connectivity index (χ1n) is 8.34. The van der Waals surface area contributed by atoms with Gasteiger partial charge in [0.1, 0.15) is 11.2 Å². The van der Waals surface area contributed by atoms with Crippen LogP contribution in [0.2, 0.25) is 0 Å². The third-order valence-corrected chi connectivity index (χ3v) is 4.90. The lowest BCUT2D eigenvalue weighted by atomic mass is 10.00. The molecule has 0 fully saturated rings. The first kappa shape index (κ1) is 14.5. The quantitative estimate of drug-likeness (QED) is 0.331. The number of nitriles is 1. The Labute approximate surface area is 150 Å². The molecule has 5 rings (SSSR count). The zero-order chi connectivity index (χ0) is 17.7. The second-order valence-electron chi connectivity index (χ2n) is 6.37. The summed E-state index contributed by atoms with van der Waals surface area (Å²) < 4.78 is 4.26. The van der Waals surface area contributed by atoms with Crippen molar-refractivity contribution in [2.45, 2.75) is 6.54 Å². The molecule has 4 heteroatoms. The number of hydrogen-bond acceptors (Lipinski definition) is 1. The van der Waals surface area contributed by atoms with Crippen molar-refractivity contribution in [1.82, 2.24) is 4.68 Å². The van der Waals surface area contributed by atoms with Crippen LogP contribution in [0.4, 0.5) is 5.69 Å². The highest BCUT2D eigenvalue weighted by molar-refractivity contribution is 5.90. The minimum Gasteiger partial charge on any atom is -0.238 e. The molecule has 1 aromatic heterocycles. The Bertz CT molecular complexity index is 1270. The van der Waals surface area contributed by atoms with E-state index in [1.165, 1.54) is 5.56 Å². The van der Waals surface area contributed by atoms with E-state index in [0.717, 1.165) is 34.3 Å². The largest absolute Gasteiger partial charge is 0.238 e. The maximum atomic E-state index is 9.50. The van der Waals surface area contributed by atoms with Gasteiger partial charge in [0.05, 0.1) is 23.6 Å². The molecule has 1 aliphatic rings. The lowest BCUT2D eigenvalue weighted by Crippen LogP contribution is -2.36. The van der Waals surface area contributed by atoms with Gasteiger partial charge in [-0.25, -0.2) is 4.85 Å². The minimum absolute atomic E-state index is 0.487. The average Bonchev–Trinajstić information content (AvgIpc) is 3.23. The van der Waals surface area contributed by atoms with E-state index < -0.39 is 0 Å². The third kappa shape index (κ3) is 1.90. The summed E-state index contributed by atoms with van der Waals surface area (Å²) in [5.41, 5.74) is 6.60. The van der Waals surface area contributed by atoms with Gasteiger partial charge in [0, 0.05) is 11.1 Å². The van der Waals surface area contributed by atoms with E-state index in [4.69, 9.17) is 6.57 Å². The molecule has 4 nitrogen and oxygen atoms in total. The van der Waals surface area contributed by atoms with Crippen molar-refractivity contribution >= 4 is 16.6 Å². The van der Waals surface area contributed by atoms with Crippen LogP contribution >= 0.6 is 0 Å². The summed E-state index contributed by atoms with van der Waals surface area (Å²) in [4.78, 5) is 3.55. The molecule has 0 amide bonds. The maximum Gasteiger partial charge on any atom is 0.205 e. The fourth-order valence-electron chi connectivity index (χ4n) is 3.80. The van der Waals surface area contributed by atoms with Crippen molar-refractivity contribution in [3.05, 3.63) is 89.4 Å². The maximum absolute atomic E-state index is 9.50. The predicted molar refractivity (Wildman–Crippen MR) is 99.0 cm³/mol. The Balaban J connectivity index is 1.88. The second kappa shape index (κ2) is 5.31. The summed E-state index contributed by atoms with van der Waals surface area (Å²) in [7, 11) is 0. The van der Waals surface area contributed by atoms with Crippen LogP contribution in [-0.4, -0.2) is 4.68 Å². The van der Waals surface area contributed by atoms with Gasteiger partial charge in [0.25, 0.3) is 0 Å². The zero-order valence-electron chi connectivity index (χ0n) is 13.8. The smallest absolute Gasteiger partial charge is 0.205 e. The molecule has 4 aromatic rings. The molecule has 0 N–H and O–H groups in total. The molecule has 120 valence electrons. The van der Waals surface area contributed by atoms with Gasteiger partial charge in [-0.2, -0.15) is 5.26 Å². The van der Waals surface area contributed by atoms with Crippen molar-refractivity contribution in [2.75, 3.05) is 0 Å². The van der Waals surface area contributed by atoms with E-state index in [-0.39, 0.29) is 0 Å². The number of para-hydroxylation sites is 1. The van der Waals surface area contributed by atoms with Gasteiger partial charge in [0.2, 0.25) is 6.20 Å². The van der Waals surface area contributed by atoms with Gasteiger partial charge >= 0.3 is 0 Å². The van der Waals surface area contributed by atoms with E-state index in [1.807, 2.05) is 30.5 Å². The Morgan fingerprint density at radius 3 is 2.69 bits per heavy atom. The van der Waals surface area contributed by atoms with Crippen LogP contribution in [0.15, 0.2) is 66.9 Å². The first-order chi connectivity index (χ1) is 12.8. The van der Waals surface area contributed by atoms with Crippen LogP contribution in [0, 0.1) is 17.9 Å². The number of hydrogen-bond donors (Lipinski definition) is 0. The molecule has 0 spiro atoms. The van der Waals surface area contributed by atoms with E-state index in [2.05, 4.69) is 50.6 Å². The van der Waals surface area contributed by atoms with Crippen molar-refractivity contribution in [3.8, 4) is 22.9 Å². The molecule has 2 heterocycles. The van der Waals surface area contributed by atoms with Crippen LogP contribution in [0.25, 0.3) is 32.6 Å². The molecule has 26 heavy (non-hydrogen) atoms. The minimum atomic E-state index is 0.487. The van der Waals surface area contributed by atoms with Gasteiger partial charge in [-0.3, -0.25) is 0 Å². The van der Waals surface area contributed by atoms with Crippen LogP contribution in [0.5, 0.6) is 0 Å². The Kier molecular flexibility index (Phi) is 2.95. The topological polar surface area (TPSA) is 37.0 Å². The van der Waals surface area contributed by atoms with Crippen LogP contribution in [0.1, 0.15) is 11.1 Å². The molecule has 1 aliphatic heterocycles. The van der Waals surface area contributed by atoms with E-state index in [0.29, 0.717) is 11.3 Å². The van der Waals surface area contributed by atoms with Crippen LogP contribution in [0.3, 0.4) is 0 Å². The molecule has 0 bridgehead atoms. The Hall–Kier alpha value is -3.89. The van der Waals surface area contributed by atoms with Gasteiger partial charge < -0.3 is 0 Å². The standard InChI is InChI=1S/C22H13N4/c1-24-18-10-17(12-23)20-14-25-13-16-8-5-9-19(15-6-3-2-4-7-15)22(16)26(25)21(20)11-18/h2-11,14H,13H2/q+1. The van der Waals surface area contributed by atoms with Crippen LogP contribution in [-0.2, 0) is 6.54 Å². The highest BCUT2D eigenvalue weighted by Crippen LogP contribution is 2.35. The number of fused-ring (bicyclic) bond motifs is 5. The molecule has 0 saturated heterocycles. The van der Waals surface area contributed by atoms with Crippen molar-refractivity contribution in [1.29, 1.82) is 5.26 Å². The lowest BCUT2D eigenvalue weighted by Gasteiger charge is -2.08. The van der Waals surface area contributed by atoms with Gasteiger partial charge in [-0.1, -0.05) is 48.5 Å². The van der Waals surface area contributed by atoms with Gasteiger partial charge in [-0.05, 0) is 17.7 Å². The summed E-state index contributed by atoms with van der Waals surface area (Å²) in [6.07, 6.45) is 2.01. The Morgan fingerprint density at radius 1 is 1.08 bits per heavy atom. The summed E-state index contributed by atoms with van der Waals surface area (Å²) in [6.45, 7) is 8.11. The van der Waals surface area contributed by atoms with E-state index >= 15 is 0 Å². The summed E-state index contributed by atoms with van der Waals surface area (Å²) >= 11 is 0. The highest BCUT2D eigenvalue weighted by atomic mass is 15.4. The lowest BCUT2D eigenvalue weighted by molar-refractivity contribution is -0.749. The Morgan fingerprint density at radius 2 is 1.92 bits per heavy atom. The van der Waals surface area contributed by atoms with Crippen LogP contribution < -0.4 is 4.68 Å². The first-order valence-corrected chi connectivity index (χ1v) is 8.34. The molecular weight excluding hydrogens is 320 g/mol. The van der Waals surface area contributed by atoms with E-state index in [1.54, 1.807) is 6.07 Å². The third-order valence-electron chi connectivity index (χ3n) is 4.90. The predicted octanol–water partition coefficient (Wildman–Crippen LogP) is 4.37. The number of nitrogens with zero attached hydrogens (tertiary/aromatic N) is 4. The van der Waals surface area contributed by atoms with Crippen molar-refractivity contribution < 1.29 is 4.68 Å². The number of rotatable bonds is 1. The molecular formula is C22H13N4+. The number of benzene rings is 3. The average molecular weight is 333 g/mol. The fourth-order valence-corrected chi connectivity index (χ4v) is 3.80. The van der Waals surface area contributed by atoms with Gasteiger partial charge in [0.15, 0.2) is 12.2 Å². The van der Waals surface area contributed by atoms with E-state index in [9.17, 15) is 5.26 Å². The molecule has 0 unspecified atom stereocenters. The highest BCUT2D eigenvalue weighted by Gasteiger charge is 2.31. The molecule has 0 aliphatic carbocycles. The SMILES string of the molecule is [C-]#[N+]c1cc(C#N)c2c[n+]3n(c2c1)-c1c(cccc1-c1ccccc1)C3. The summed E-state index contributed by atoms with van der Waals surface area (Å²) in [6, 6.07) is 22.4. The van der Waals surface area contributed by atoms with Gasteiger partial charge in [-0.15, -0.1) is 9.36 Å². The van der Waals surface area contributed by atoms with Crippen molar-refractivity contribution in [3.63, 3.8) is 0 Å². The molecule has 0 atom stereocenters. The summed E-state index contributed by atoms with van der Waals surface area (Å²) in [5, 5.41) is 10.4. The molecule has 0 saturated carbocycles. The zero-order valence-corrected chi connectivity index (χ0v) is 13.8. The fraction of sp³-hybridized carbons (Fsp3) is 0.0455. The van der Waals surface area contributed by atoms with Crippen molar-refractivity contribution in [2.24, 2.45) is 0 Å². The number of aromatic nitrogens is 2. The monoisotopic (exact) mass is 333 g/mol. The second-order valence-corrected chi connectivity index (χ2v) is 6.37. The molecule has 3 aromatic carbocycles.